The third-order valence-corrected chi connectivity index (χ3v) is 6.39. The molecule has 1 N–H and O–H groups in total. The Morgan fingerprint density at radius 2 is 2.12 bits per heavy atom. The first-order chi connectivity index (χ1) is 11.8. The number of amides is 2. The predicted octanol–water partition coefficient (Wildman–Crippen LogP) is 0.623. The van der Waals surface area contributed by atoms with Gasteiger partial charge in [0.05, 0.1) is 11.6 Å². The lowest BCUT2D eigenvalue weighted by Crippen LogP contribution is -2.53. The number of sulfonamides is 1. The first-order valence-corrected chi connectivity index (χ1v) is 9.52. The zero-order valence-electron chi connectivity index (χ0n) is 14.0. The van der Waals surface area contributed by atoms with Crippen molar-refractivity contribution in [3.63, 3.8) is 0 Å². The number of alkyl halides is 1. The van der Waals surface area contributed by atoms with Gasteiger partial charge in [-0.25, -0.2) is 17.1 Å². The molecule has 1 aromatic carbocycles. The van der Waals surface area contributed by atoms with Gasteiger partial charge in [-0.1, -0.05) is 0 Å². The maximum Gasteiger partial charge on any atom is 0.269 e. The summed E-state index contributed by atoms with van der Waals surface area (Å²) in [5.74, 6) is -0.947. The molecule has 1 saturated heterocycles. The number of hydrogen-bond donors (Lipinski definition) is 1. The van der Waals surface area contributed by atoms with Gasteiger partial charge in [-0.3, -0.25) is 9.59 Å². The van der Waals surface area contributed by atoms with Crippen LogP contribution in [0.2, 0.25) is 0 Å². The van der Waals surface area contributed by atoms with Crippen molar-refractivity contribution in [1.29, 1.82) is 0 Å². The molecule has 0 saturated carbocycles. The van der Waals surface area contributed by atoms with Crippen molar-refractivity contribution in [3.05, 3.63) is 29.3 Å². The average Bonchev–Trinajstić information content (AvgIpc) is 2.80. The second kappa shape index (κ2) is 6.38. The summed E-state index contributed by atoms with van der Waals surface area (Å²) in [4.78, 5) is 26.3. The molecule has 0 spiro atoms. The molecule has 7 nitrogen and oxygen atoms in total. The van der Waals surface area contributed by atoms with E-state index < -0.39 is 34.7 Å². The summed E-state index contributed by atoms with van der Waals surface area (Å²) in [7, 11) is -3.96. The summed E-state index contributed by atoms with van der Waals surface area (Å²) in [6.45, 7) is 3.76. The van der Waals surface area contributed by atoms with Crippen LogP contribution in [0.5, 0.6) is 0 Å². The lowest BCUT2D eigenvalue weighted by Gasteiger charge is -2.32. The number of rotatable bonds is 3. The Morgan fingerprint density at radius 1 is 1.40 bits per heavy atom. The molecule has 25 heavy (non-hydrogen) atoms. The lowest BCUT2D eigenvalue weighted by molar-refractivity contribution is 0.0691. The van der Waals surface area contributed by atoms with E-state index in [4.69, 9.17) is 0 Å². The highest BCUT2D eigenvalue weighted by atomic mass is 32.2. The lowest BCUT2D eigenvalue weighted by atomic mass is 10.1. The molecule has 2 amide bonds. The van der Waals surface area contributed by atoms with E-state index in [-0.39, 0.29) is 28.5 Å². The van der Waals surface area contributed by atoms with Crippen molar-refractivity contribution < 1.29 is 22.4 Å². The number of nitrogens with one attached hydrogen (secondary N) is 1. The number of carbonyl (C=O) groups is 2. The van der Waals surface area contributed by atoms with Crippen LogP contribution in [0.25, 0.3) is 0 Å². The highest BCUT2D eigenvalue weighted by Crippen LogP contribution is 2.32. The number of carbonyl (C=O) groups excluding carboxylic acids is 2. The Labute approximate surface area is 145 Å². The summed E-state index contributed by atoms with van der Waals surface area (Å²) in [6, 6.07) is 3.14. The van der Waals surface area contributed by atoms with Crippen LogP contribution in [0.1, 0.15) is 34.6 Å². The average molecular weight is 369 g/mol. The zero-order valence-corrected chi connectivity index (χ0v) is 14.8. The number of halogens is 1. The van der Waals surface area contributed by atoms with Gasteiger partial charge in [-0.05, 0) is 32.0 Å². The topological polar surface area (TPSA) is 86.8 Å². The van der Waals surface area contributed by atoms with Gasteiger partial charge in [0.1, 0.15) is 11.6 Å². The molecule has 1 fully saturated rings. The third-order valence-electron chi connectivity index (χ3n) is 4.39. The molecule has 0 aliphatic carbocycles. The van der Waals surface area contributed by atoms with Crippen molar-refractivity contribution in [2.24, 2.45) is 0 Å². The van der Waals surface area contributed by atoms with Crippen molar-refractivity contribution in [2.75, 3.05) is 26.3 Å². The van der Waals surface area contributed by atoms with Crippen molar-refractivity contribution in [1.82, 2.24) is 14.5 Å². The normalized spacial score (nSPS) is 22.4. The fourth-order valence-electron chi connectivity index (χ4n) is 3.19. The van der Waals surface area contributed by atoms with Gasteiger partial charge in [0.2, 0.25) is 0 Å². The van der Waals surface area contributed by atoms with Crippen molar-refractivity contribution in [3.8, 4) is 0 Å². The molecule has 3 rings (SSSR count). The Bertz CT molecular complexity index is 825. The zero-order chi connectivity index (χ0) is 18.4. The Hall–Kier alpha value is -2.00. The molecule has 0 radical (unpaired) electrons. The Balaban J connectivity index is 1.94. The summed E-state index contributed by atoms with van der Waals surface area (Å²) in [6.07, 6.45) is 0. The standard InChI is InChI=1S/C16H20FN3O4S/c1-10(2)20-16(22)13-4-3-11(7-14(13)25(20,23)24)15(21)19-6-5-18-12(8-17)9-19/h3-4,7,10,12,18H,5-6,8-9H2,1-2H3. The third kappa shape index (κ3) is 2.91. The van der Waals surface area contributed by atoms with Crippen LogP contribution in [0.15, 0.2) is 23.1 Å². The molecule has 9 heteroatoms. The summed E-state index contributed by atoms with van der Waals surface area (Å²) in [5.41, 5.74) is 0.257. The minimum Gasteiger partial charge on any atom is -0.336 e. The van der Waals surface area contributed by atoms with Crippen molar-refractivity contribution in [2.45, 2.75) is 30.8 Å². The van der Waals surface area contributed by atoms with E-state index in [9.17, 15) is 22.4 Å². The first-order valence-electron chi connectivity index (χ1n) is 8.08. The van der Waals surface area contributed by atoms with E-state index in [0.29, 0.717) is 13.1 Å². The monoisotopic (exact) mass is 369 g/mol. The van der Waals surface area contributed by atoms with Crippen molar-refractivity contribution >= 4 is 21.8 Å². The SMILES string of the molecule is CC(C)N1C(=O)c2ccc(C(=O)N3CCNC(CF)C3)cc2S1(=O)=O. The highest BCUT2D eigenvalue weighted by Gasteiger charge is 2.43. The van der Waals surface area contributed by atoms with Crippen LogP contribution in [0.3, 0.4) is 0 Å². The van der Waals surface area contributed by atoms with E-state index in [1.807, 2.05) is 0 Å². The molecule has 1 atom stereocenters. The molecular formula is C16H20FN3O4S. The van der Waals surface area contributed by atoms with Gasteiger partial charge in [0, 0.05) is 31.2 Å². The highest BCUT2D eigenvalue weighted by molar-refractivity contribution is 7.90. The largest absolute Gasteiger partial charge is 0.336 e. The van der Waals surface area contributed by atoms with Gasteiger partial charge < -0.3 is 10.2 Å². The smallest absolute Gasteiger partial charge is 0.269 e. The molecule has 136 valence electrons. The molecule has 1 unspecified atom stereocenters. The molecular weight excluding hydrogens is 349 g/mol. The number of hydrogen-bond acceptors (Lipinski definition) is 5. The van der Waals surface area contributed by atoms with E-state index in [0.717, 1.165) is 4.31 Å². The minimum absolute atomic E-state index is 0.0761. The molecule has 2 aliphatic heterocycles. The fourth-order valence-corrected chi connectivity index (χ4v) is 4.98. The van der Waals surface area contributed by atoms with Gasteiger partial charge in [0.15, 0.2) is 0 Å². The van der Waals surface area contributed by atoms with E-state index in [1.54, 1.807) is 13.8 Å². The summed E-state index contributed by atoms with van der Waals surface area (Å²) in [5, 5.41) is 2.97. The van der Waals surface area contributed by atoms with Crippen LogP contribution in [0.4, 0.5) is 4.39 Å². The fraction of sp³-hybridized carbons (Fsp3) is 0.500. The quantitative estimate of drug-likeness (QED) is 0.844. The van der Waals surface area contributed by atoms with E-state index >= 15 is 0 Å². The maximum absolute atomic E-state index is 12.8. The maximum atomic E-state index is 12.8. The van der Waals surface area contributed by atoms with Gasteiger partial charge in [0.25, 0.3) is 21.8 Å². The van der Waals surface area contributed by atoms with Gasteiger partial charge >= 0.3 is 0 Å². The summed E-state index contributed by atoms with van der Waals surface area (Å²) >= 11 is 0. The predicted molar refractivity (Wildman–Crippen MR) is 88.6 cm³/mol. The Morgan fingerprint density at radius 3 is 2.76 bits per heavy atom. The van der Waals surface area contributed by atoms with Crippen LogP contribution in [-0.2, 0) is 10.0 Å². The van der Waals surface area contributed by atoms with Crippen LogP contribution >= 0.6 is 0 Å². The van der Waals surface area contributed by atoms with Crippen LogP contribution < -0.4 is 5.32 Å². The van der Waals surface area contributed by atoms with E-state index in [2.05, 4.69) is 5.32 Å². The second-order valence-corrected chi connectivity index (χ2v) is 8.25. The van der Waals surface area contributed by atoms with E-state index in [1.165, 1.54) is 23.1 Å². The number of piperazine rings is 1. The Kier molecular flexibility index (Phi) is 4.54. The van der Waals surface area contributed by atoms with Gasteiger partial charge in [-0.15, -0.1) is 0 Å². The van der Waals surface area contributed by atoms with Crippen LogP contribution in [0, 0.1) is 0 Å². The minimum atomic E-state index is -3.96. The molecule has 0 bridgehead atoms. The number of benzene rings is 1. The molecule has 1 aromatic rings. The second-order valence-electron chi connectivity index (χ2n) is 6.47. The number of nitrogens with zero attached hydrogens (tertiary/aromatic N) is 2. The number of fused-ring (bicyclic) bond motifs is 1. The molecule has 2 heterocycles. The first kappa shape index (κ1) is 17.8. The summed E-state index contributed by atoms with van der Waals surface area (Å²) < 4.78 is 38.9. The van der Waals surface area contributed by atoms with Gasteiger partial charge in [-0.2, -0.15) is 0 Å². The molecule has 2 aliphatic rings. The van der Waals surface area contributed by atoms with Crippen LogP contribution in [-0.4, -0.2) is 67.8 Å². The molecule has 0 aromatic heterocycles.